The van der Waals surface area contributed by atoms with E-state index in [1.165, 1.54) is 0 Å². The zero-order chi connectivity index (χ0) is 12.5. The molecule has 17 heavy (non-hydrogen) atoms. The van der Waals surface area contributed by atoms with Gasteiger partial charge in [-0.25, -0.2) is 8.78 Å². The van der Waals surface area contributed by atoms with E-state index in [-0.39, 0.29) is 24.2 Å². The normalized spacial score (nSPS) is 16.6. The minimum Gasteiger partial charge on any atom is -0.493 e. The van der Waals surface area contributed by atoms with Crippen LogP contribution >= 0.6 is 0 Å². The van der Waals surface area contributed by atoms with Crippen molar-refractivity contribution in [2.75, 3.05) is 6.61 Å². The van der Waals surface area contributed by atoms with Crippen molar-refractivity contribution in [1.29, 1.82) is 0 Å². The molecule has 0 aromatic heterocycles. The highest BCUT2D eigenvalue weighted by atomic mass is 19.1. The molecule has 0 radical (unpaired) electrons. The summed E-state index contributed by atoms with van der Waals surface area (Å²) in [6, 6.07) is 2.93. The Hall–Kier alpha value is -1.65. The lowest BCUT2D eigenvalue weighted by Crippen LogP contribution is -2.17. The summed E-state index contributed by atoms with van der Waals surface area (Å²) < 4.78 is 31.0. The predicted molar refractivity (Wildman–Crippen MR) is 55.8 cm³/mol. The average molecular weight is 242 g/mol. The van der Waals surface area contributed by atoms with E-state index in [1.54, 1.807) is 0 Å². The number of ether oxygens (including phenoxy) is 1. The molecule has 1 aromatic carbocycles. The summed E-state index contributed by atoms with van der Waals surface area (Å²) in [5, 5.41) is 8.70. The van der Waals surface area contributed by atoms with Gasteiger partial charge in [-0.3, -0.25) is 4.79 Å². The van der Waals surface area contributed by atoms with Crippen LogP contribution in [-0.2, 0) is 4.79 Å². The second-order valence-electron chi connectivity index (χ2n) is 4.46. The maximum atomic E-state index is 12.9. The molecule has 1 saturated carbocycles. The fourth-order valence-electron chi connectivity index (χ4n) is 1.72. The van der Waals surface area contributed by atoms with Crippen LogP contribution in [0.15, 0.2) is 18.2 Å². The Bertz CT molecular complexity index is 421. The first-order valence-electron chi connectivity index (χ1n) is 5.30. The molecule has 1 fully saturated rings. The van der Waals surface area contributed by atoms with Crippen LogP contribution in [0.25, 0.3) is 0 Å². The summed E-state index contributed by atoms with van der Waals surface area (Å²) >= 11 is 0. The van der Waals surface area contributed by atoms with Gasteiger partial charge >= 0.3 is 5.97 Å². The lowest BCUT2D eigenvalue weighted by Gasteiger charge is -2.14. The Morgan fingerprint density at radius 1 is 1.29 bits per heavy atom. The van der Waals surface area contributed by atoms with Crippen molar-refractivity contribution in [2.24, 2.45) is 5.41 Å². The maximum absolute atomic E-state index is 12.9. The third-order valence-electron chi connectivity index (χ3n) is 2.86. The van der Waals surface area contributed by atoms with Crippen LogP contribution in [0.5, 0.6) is 5.75 Å². The molecule has 0 aliphatic heterocycles. The van der Waals surface area contributed by atoms with Crippen LogP contribution < -0.4 is 4.74 Å². The number of rotatable bonds is 5. The summed E-state index contributed by atoms with van der Waals surface area (Å²) in [5.74, 6) is -2.19. The van der Waals surface area contributed by atoms with Gasteiger partial charge in [-0.1, -0.05) is 0 Å². The van der Waals surface area contributed by atoms with Gasteiger partial charge in [0.2, 0.25) is 0 Å². The summed E-state index contributed by atoms with van der Waals surface area (Å²) in [4.78, 5) is 10.6. The molecular formula is C12H12F2O3. The van der Waals surface area contributed by atoms with Crippen molar-refractivity contribution in [1.82, 2.24) is 0 Å². The third-order valence-corrected chi connectivity index (χ3v) is 2.86. The zero-order valence-corrected chi connectivity index (χ0v) is 9.08. The van der Waals surface area contributed by atoms with Crippen LogP contribution in [0, 0.1) is 17.0 Å². The van der Waals surface area contributed by atoms with Crippen LogP contribution in [0.3, 0.4) is 0 Å². The van der Waals surface area contributed by atoms with E-state index >= 15 is 0 Å². The van der Waals surface area contributed by atoms with Gasteiger partial charge in [-0.15, -0.1) is 0 Å². The third kappa shape index (κ3) is 3.15. The fourth-order valence-corrected chi connectivity index (χ4v) is 1.72. The minimum absolute atomic E-state index is 0.0325. The van der Waals surface area contributed by atoms with Gasteiger partial charge in [0.15, 0.2) is 0 Å². The highest BCUT2D eigenvalue weighted by Crippen LogP contribution is 2.49. The van der Waals surface area contributed by atoms with Crippen molar-refractivity contribution in [2.45, 2.75) is 19.3 Å². The van der Waals surface area contributed by atoms with Gasteiger partial charge in [0.1, 0.15) is 17.4 Å². The second kappa shape index (κ2) is 4.31. The zero-order valence-electron chi connectivity index (χ0n) is 9.08. The number of hydrogen-bond donors (Lipinski definition) is 1. The molecule has 0 unspecified atom stereocenters. The van der Waals surface area contributed by atoms with Gasteiger partial charge in [-0.2, -0.15) is 0 Å². The SMILES string of the molecule is O=C(O)CC1(COc2cc(F)cc(F)c2)CC1. The molecule has 1 aliphatic carbocycles. The number of hydrogen-bond acceptors (Lipinski definition) is 2. The van der Waals surface area contributed by atoms with Gasteiger partial charge in [-0.05, 0) is 12.8 Å². The molecule has 3 nitrogen and oxygen atoms in total. The first-order valence-corrected chi connectivity index (χ1v) is 5.30. The summed E-state index contributed by atoms with van der Waals surface area (Å²) in [5.41, 5.74) is -0.353. The van der Waals surface area contributed by atoms with Gasteiger partial charge in [0.25, 0.3) is 0 Å². The molecule has 0 amide bonds. The van der Waals surface area contributed by atoms with E-state index < -0.39 is 17.6 Å². The van der Waals surface area contributed by atoms with E-state index in [9.17, 15) is 13.6 Å². The number of halogens is 2. The molecule has 1 aromatic rings. The Kier molecular flexibility index (Phi) is 3.00. The molecule has 1 aliphatic rings. The highest BCUT2D eigenvalue weighted by Gasteiger charge is 2.45. The molecule has 0 spiro atoms. The van der Waals surface area contributed by atoms with Gasteiger partial charge in [0, 0.05) is 23.6 Å². The van der Waals surface area contributed by atoms with Crippen molar-refractivity contribution in [3.63, 3.8) is 0 Å². The fraction of sp³-hybridized carbons (Fsp3) is 0.417. The number of benzene rings is 1. The van der Waals surface area contributed by atoms with E-state index in [1.807, 2.05) is 0 Å². The lowest BCUT2D eigenvalue weighted by molar-refractivity contribution is -0.138. The average Bonchev–Trinajstić information content (AvgIpc) is 2.93. The van der Waals surface area contributed by atoms with Crippen LogP contribution in [0.1, 0.15) is 19.3 Å². The van der Waals surface area contributed by atoms with Gasteiger partial charge < -0.3 is 9.84 Å². The van der Waals surface area contributed by atoms with Crippen molar-refractivity contribution in [3.05, 3.63) is 29.8 Å². The van der Waals surface area contributed by atoms with Crippen molar-refractivity contribution < 1.29 is 23.4 Å². The lowest BCUT2D eigenvalue weighted by atomic mass is 10.0. The highest BCUT2D eigenvalue weighted by molar-refractivity contribution is 5.68. The molecular weight excluding hydrogens is 230 g/mol. The van der Waals surface area contributed by atoms with Crippen molar-refractivity contribution in [3.8, 4) is 5.75 Å². The van der Waals surface area contributed by atoms with E-state index in [2.05, 4.69) is 0 Å². The first-order chi connectivity index (χ1) is 7.99. The number of carboxylic acid groups (broad SMARTS) is 1. The topological polar surface area (TPSA) is 46.5 Å². The molecule has 0 bridgehead atoms. The number of carbonyl (C=O) groups is 1. The quantitative estimate of drug-likeness (QED) is 0.863. The predicted octanol–water partition coefficient (Wildman–Crippen LogP) is 2.60. The maximum Gasteiger partial charge on any atom is 0.304 e. The van der Waals surface area contributed by atoms with E-state index in [0.29, 0.717) is 0 Å². The molecule has 0 heterocycles. The standard InChI is InChI=1S/C12H12F2O3/c13-8-3-9(14)5-10(4-8)17-7-12(1-2-12)6-11(15)16/h3-5H,1-2,6-7H2,(H,15,16). The molecule has 92 valence electrons. The van der Waals surface area contributed by atoms with E-state index in [4.69, 9.17) is 9.84 Å². The minimum atomic E-state index is -0.878. The monoisotopic (exact) mass is 242 g/mol. The Balaban J connectivity index is 1.96. The molecule has 5 heteroatoms. The molecule has 2 rings (SSSR count). The Morgan fingerprint density at radius 3 is 2.35 bits per heavy atom. The number of carboxylic acids is 1. The molecule has 0 saturated heterocycles. The molecule has 0 atom stereocenters. The molecule has 1 N–H and O–H groups in total. The van der Waals surface area contributed by atoms with E-state index in [0.717, 1.165) is 31.0 Å². The first kappa shape index (κ1) is 11.8. The Morgan fingerprint density at radius 2 is 1.88 bits per heavy atom. The van der Waals surface area contributed by atoms with Crippen LogP contribution in [-0.4, -0.2) is 17.7 Å². The summed E-state index contributed by atoms with van der Waals surface area (Å²) in [7, 11) is 0. The smallest absolute Gasteiger partial charge is 0.304 e. The summed E-state index contributed by atoms with van der Waals surface area (Å²) in [6.07, 6.45) is 1.58. The van der Waals surface area contributed by atoms with Gasteiger partial charge in [0.05, 0.1) is 13.0 Å². The largest absolute Gasteiger partial charge is 0.493 e. The Labute approximate surface area is 97.0 Å². The number of aliphatic carboxylic acids is 1. The summed E-state index contributed by atoms with van der Waals surface area (Å²) in [6.45, 7) is 0.183. The second-order valence-corrected chi connectivity index (χ2v) is 4.46. The van der Waals surface area contributed by atoms with Crippen LogP contribution in [0.4, 0.5) is 8.78 Å². The van der Waals surface area contributed by atoms with Crippen molar-refractivity contribution >= 4 is 5.97 Å². The van der Waals surface area contributed by atoms with Crippen LogP contribution in [0.2, 0.25) is 0 Å².